The zero-order valence-corrected chi connectivity index (χ0v) is 15.2. The molecule has 0 bridgehead atoms. The van der Waals surface area contributed by atoms with Crippen LogP contribution in [-0.4, -0.2) is 24.0 Å². The number of para-hydroxylation sites is 1. The van der Waals surface area contributed by atoms with Crippen LogP contribution in [0.3, 0.4) is 0 Å². The van der Waals surface area contributed by atoms with E-state index in [4.69, 9.17) is 9.47 Å². The Hall–Kier alpha value is -3.02. The third-order valence-corrected chi connectivity index (χ3v) is 5.32. The van der Waals surface area contributed by atoms with Crippen molar-refractivity contribution < 1.29 is 19.1 Å². The Morgan fingerprint density at radius 1 is 1.04 bits per heavy atom. The maximum Gasteiger partial charge on any atom is 0.262 e. The van der Waals surface area contributed by atoms with Crippen molar-refractivity contribution in [3.05, 3.63) is 47.0 Å². The highest BCUT2D eigenvalue weighted by Gasteiger charge is 2.36. The molecule has 2 aromatic carbocycles. The van der Waals surface area contributed by atoms with Gasteiger partial charge in [-0.15, -0.1) is 0 Å². The predicted octanol–water partition coefficient (Wildman–Crippen LogP) is 3.21. The summed E-state index contributed by atoms with van der Waals surface area (Å²) in [4.78, 5) is 24.0. The first-order chi connectivity index (χ1) is 12.9. The minimum atomic E-state index is -0.249. The number of carbonyl (C=O) groups is 2. The van der Waals surface area contributed by atoms with Crippen LogP contribution in [0.4, 0.5) is 11.4 Å². The quantitative estimate of drug-likeness (QED) is 0.815. The van der Waals surface area contributed by atoms with E-state index in [-0.39, 0.29) is 29.9 Å². The van der Waals surface area contributed by atoms with Crippen molar-refractivity contribution in [2.24, 2.45) is 0 Å². The van der Waals surface area contributed by atoms with Crippen LogP contribution in [0.5, 0.6) is 11.5 Å². The predicted molar refractivity (Wildman–Crippen MR) is 101 cm³/mol. The lowest BCUT2D eigenvalue weighted by Gasteiger charge is -2.30. The Kier molecular flexibility index (Phi) is 3.29. The number of nitrogens with one attached hydrogen (secondary N) is 2. The molecular formula is C21H20N2O4. The highest BCUT2D eigenvalue weighted by atomic mass is 16.5. The normalized spacial score (nSPS) is 21.8. The fourth-order valence-corrected chi connectivity index (χ4v) is 4.23. The second-order valence-corrected chi connectivity index (χ2v) is 7.95. The second kappa shape index (κ2) is 5.49. The van der Waals surface area contributed by atoms with Gasteiger partial charge in [0.25, 0.3) is 5.91 Å². The van der Waals surface area contributed by atoms with E-state index in [0.29, 0.717) is 23.5 Å². The minimum absolute atomic E-state index is 0.000841. The van der Waals surface area contributed by atoms with Crippen molar-refractivity contribution in [1.29, 1.82) is 0 Å². The lowest BCUT2D eigenvalue weighted by molar-refractivity contribution is -0.118. The summed E-state index contributed by atoms with van der Waals surface area (Å²) >= 11 is 0. The van der Waals surface area contributed by atoms with Crippen LogP contribution in [-0.2, 0) is 16.0 Å². The highest BCUT2D eigenvalue weighted by Crippen LogP contribution is 2.48. The fourth-order valence-electron chi connectivity index (χ4n) is 4.23. The van der Waals surface area contributed by atoms with Crippen LogP contribution in [0, 0.1) is 0 Å². The molecule has 0 spiro atoms. The van der Waals surface area contributed by atoms with Crippen LogP contribution in [0.2, 0.25) is 0 Å². The van der Waals surface area contributed by atoms with Crippen molar-refractivity contribution >= 4 is 23.2 Å². The van der Waals surface area contributed by atoms with Gasteiger partial charge in [-0.05, 0) is 37.1 Å². The molecule has 5 rings (SSSR count). The highest BCUT2D eigenvalue weighted by molar-refractivity contribution is 6.00. The lowest BCUT2D eigenvalue weighted by Crippen LogP contribution is -2.28. The topological polar surface area (TPSA) is 76.7 Å². The second-order valence-electron chi connectivity index (χ2n) is 7.95. The van der Waals surface area contributed by atoms with E-state index >= 15 is 0 Å². The van der Waals surface area contributed by atoms with Gasteiger partial charge < -0.3 is 20.1 Å². The van der Waals surface area contributed by atoms with Crippen molar-refractivity contribution in [1.82, 2.24) is 0 Å². The van der Waals surface area contributed by atoms with Gasteiger partial charge in [0.15, 0.2) is 6.61 Å². The summed E-state index contributed by atoms with van der Waals surface area (Å²) in [6.07, 6.45) is 1.19. The van der Waals surface area contributed by atoms with E-state index < -0.39 is 0 Å². The van der Waals surface area contributed by atoms with Crippen LogP contribution in [0.15, 0.2) is 30.3 Å². The number of benzene rings is 2. The van der Waals surface area contributed by atoms with E-state index in [0.717, 1.165) is 23.3 Å². The number of carbonyl (C=O) groups excluding carboxylic acids is 2. The van der Waals surface area contributed by atoms with Crippen LogP contribution in [0.1, 0.15) is 42.9 Å². The number of hydrogen-bond acceptors (Lipinski definition) is 4. The van der Waals surface area contributed by atoms with Gasteiger partial charge in [-0.2, -0.15) is 0 Å². The maximum atomic E-state index is 12.4. The lowest BCUT2D eigenvalue weighted by atomic mass is 9.83. The Morgan fingerprint density at radius 3 is 2.70 bits per heavy atom. The van der Waals surface area contributed by atoms with Gasteiger partial charge in [0, 0.05) is 30.0 Å². The summed E-state index contributed by atoms with van der Waals surface area (Å²) in [7, 11) is 0. The largest absolute Gasteiger partial charge is 0.487 e. The van der Waals surface area contributed by atoms with Crippen LogP contribution >= 0.6 is 0 Å². The summed E-state index contributed by atoms with van der Waals surface area (Å²) in [6.45, 7) is 4.15. The average molecular weight is 364 g/mol. The molecule has 3 aliphatic heterocycles. The number of ether oxygens (including phenoxy) is 2. The first-order valence-corrected chi connectivity index (χ1v) is 9.11. The first-order valence-electron chi connectivity index (χ1n) is 9.11. The summed E-state index contributed by atoms with van der Waals surface area (Å²) in [5.74, 6) is 1.15. The van der Waals surface area contributed by atoms with E-state index in [1.165, 1.54) is 5.56 Å². The molecule has 2 N–H and O–H groups in total. The van der Waals surface area contributed by atoms with E-state index in [2.05, 4.69) is 30.5 Å². The third-order valence-electron chi connectivity index (χ3n) is 5.32. The molecule has 0 fully saturated rings. The van der Waals surface area contributed by atoms with Gasteiger partial charge >= 0.3 is 0 Å². The van der Waals surface area contributed by atoms with Gasteiger partial charge in [-0.25, -0.2) is 0 Å². The Bertz CT molecular complexity index is 996. The molecule has 2 amide bonds. The summed E-state index contributed by atoms with van der Waals surface area (Å²) in [5, 5.41) is 5.71. The number of fused-ring (bicyclic) bond motifs is 3. The van der Waals surface area contributed by atoms with Crippen LogP contribution < -0.4 is 20.1 Å². The smallest absolute Gasteiger partial charge is 0.262 e. The zero-order chi connectivity index (χ0) is 18.8. The summed E-state index contributed by atoms with van der Waals surface area (Å²) in [6, 6.07) is 9.85. The Morgan fingerprint density at radius 2 is 1.85 bits per heavy atom. The molecule has 6 heteroatoms. The maximum absolute atomic E-state index is 12.4. The molecule has 3 aliphatic rings. The average Bonchev–Trinajstić information content (AvgIpc) is 2.93. The van der Waals surface area contributed by atoms with E-state index in [1.54, 1.807) is 6.07 Å². The van der Waals surface area contributed by atoms with Gasteiger partial charge in [-0.1, -0.05) is 18.2 Å². The molecule has 2 aromatic rings. The van der Waals surface area contributed by atoms with Crippen molar-refractivity contribution in [2.75, 3.05) is 17.2 Å². The molecule has 0 saturated heterocycles. The van der Waals surface area contributed by atoms with Crippen molar-refractivity contribution in [3.63, 3.8) is 0 Å². The van der Waals surface area contributed by atoms with Gasteiger partial charge in [0.1, 0.15) is 17.1 Å². The minimum Gasteiger partial charge on any atom is -0.487 e. The first kappa shape index (κ1) is 16.2. The molecule has 0 radical (unpaired) electrons. The van der Waals surface area contributed by atoms with Gasteiger partial charge in [-0.3, -0.25) is 9.59 Å². The standard InChI is InChI=1S/C21H20N2O4/c1-21(2)9-11-4-3-5-12(20(11)27-21)13-7-18(24)22-15-8-16-17(6-14(13)15)26-10-19(25)23-16/h3-6,8,13H,7,9-10H2,1-2H3,(H,22,24)(H,23,25). The Balaban J connectivity index is 1.64. The monoisotopic (exact) mass is 364 g/mol. The SMILES string of the molecule is CC1(C)Cc2cccc(C3CC(=O)Nc4cc5c(cc43)OCC(=O)N5)c2O1. The van der Waals surface area contributed by atoms with Crippen molar-refractivity contribution in [2.45, 2.75) is 38.2 Å². The summed E-state index contributed by atoms with van der Waals surface area (Å²) < 4.78 is 11.8. The number of anilines is 2. The molecule has 138 valence electrons. The summed E-state index contributed by atoms with van der Waals surface area (Å²) in [5.41, 5.74) is 4.21. The zero-order valence-electron chi connectivity index (χ0n) is 15.2. The molecule has 0 saturated carbocycles. The molecule has 1 atom stereocenters. The molecule has 1 unspecified atom stereocenters. The Labute approximate surface area is 156 Å². The van der Waals surface area contributed by atoms with Crippen molar-refractivity contribution in [3.8, 4) is 11.5 Å². The molecule has 0 aromatic heterocycles. The number of rotatable bonds is 1. The fraction of sp³-hybridized carbons (Fsp3) is 0.333. The molecular weight excluding hydrogens is 344 g/mol. The van der Waals surface area contributed by atoms with Gasteiger partial charge in [0.05, 0.1) is 5.69 Å². The van der Waals surface area contributed by atoms with Gasteiger partial charge in [0.2, 0.25) is 5.91 Å². The molecule has 6 nitrogen and oxygen atoms in total. The number of amides is 2. The molecule has 3 heterocycles. The number of hydrogen-bond donors (Lipinski definition) is 2. The third kappa shape index (κ3) is 2.63. The van der Waals surface area contributed by atoms with E-state index in [1.807, 2.05) is 18.2 Å². The van der Waals surface area contributed by atoms with Crippen LogP contribution in [0.25, 0.3) is 0 Å². The molecule has 0 aliphatic carbocycles. The molecule has 27 heavy (non-hydrogen) atoms. The van der Waals surface area contributed by atoms with E-state index in [9.17, 15) is 9.59 Å².